The first kappa shape index (κ1) is 18.3. The third-order valence-electron chi connectivity index (χ3n) is 5.54. The normalized spacial score (nSPS) is 21.3. The summed E-state index contributed by atoms with van der Waals surface area (Å²) in [5, 5.41) is 0. The fourth-order valence-corrected chi connectivity index (χ4v) is 3.21. The topological polar surface area (TPSA) is 26.3 Å². The van der Waals surface area contributed by atoms with E-state index in [1.54, 1.807) is 0 Å². The smallest absolute Gasteiger partial charge is 0.316 e. The minimum Gasteiger partial charge on any atom is -0.459 e. The molecule has 0 amide bonds. The number of esters is 1. The lowest BCUT2D eigenvalue weighted by Crippen LogP contribution is -2.46. The van der Waals surface area contributed by atoms with Crippen molar-refractivity contribution in [3.05, 3.63) is 11.6 Å². The number of allylic oxidation sites excluding steroid dienone is 1. The Balaban J connectivity index is 3.04. The second-order valence-corrected chi connectivity index (χ2v) is 8.06. The third kappa shape index (κ3) is 4.11. The van der Waals surface area contributed by atoms with E-state index in [1.807, 2.05) is 6.92 Å². The maximum Gasteiger partial charge on any atom is 0.316 e. The molecule has 0 aliphatic heterocycles. The lowest BCUT2D eigenvalue weighted by atomic mass is 9.64. The van der Waals surface area contributed by atoms with Crippen LogP contribution in [0.5, 0.6) is 0 Å². The van der Waals surface area contributed by atoms with Crippen LogP contribution in [0.15, 0.2) is 11.6 Å². The van der Waals surface area contributed by atoms with Crippen molar-refractivity contribution in [3.63, 3.8) is 0 Å². The van der Waals surface area contributed by atoms with Crippen molar-refractivity contribution >= 4 is 5.97 Å². The molecule has 0 spiro atoms. The molecule has 2 heteroatoms. The van der Waals surface area contributed by atoms with E-state index < -0.39 is 5.41 Å². The summed E-state index contributed by atoms with van der Waals surface area (Å²) in [6.07, 6.45) is 8.63. The van der Waals surface area contributed by atoms with Gasteiger partial charge in [-0.05, 0) is 65.2 Å². The molecule has 1 rings (SSSR count). The van der Waals surface area contributed by atoms with Crippen molar-refractivity contribution in [2.45, 2.75) is 92.6 Å². The van der Waals surface area contributed by atoms with Crippen LogP contribution in [0.1, 0.15) is 87.0 Å². The minimum absolute atomic E-state index is 0.0556. The van der Waals surface area contributed by atoms with Gasteiger partial charge in [0.05, 0.1) is 5.41 Å². The van der Waals surface area contributed by atoms with Gasteiger partial charge in [-0.25, -0.2) is 0 Å². The van der Waals surface area contributed by atoms with Crippen molar-refractivity contribution in [1.82, 2.24) is 0 Å². The second-order valence-electron chi connectivity index (χ2n) is 8.06. The summed E-state index contributed by atoms with van der Waals surface area (Å²) >= 11 is 0. The molecule has 1 fully saturated rings. The zero-order valence-corrected chi connectivity index (χ0v) is 15.1. The molecule has 0 N–H and O–H groups in total. The number of ether oxygens (including phenoxy) is 1. The third-order valence-corrected chi connectivity index (χ3v) is 5.54. The van der Waals surface area contributed by atoms with Crippen LogP contribution in [0.4, 0.5) is 0 Å². The van der Waals surface area contributed by atoms with E-state index in [0.717, 1.165) is 19.3 Å². The molecule has 0 saturated heterocycles. The van der Waals surface area contributed by atoms with Crippen molar-refractivity contribution in [1.29, 1.82) is 0 Å². The molecule has 1 aliphatic carbocycles. The van der Waals surface area contributed by atoms with Crippen molar-refractivity contribution in [2.75, 3.05) is 0 Å². The van der Waals surface area contributed by atoms with E-state index in [4.69, 9.17) is 4.74 Å². The minimum atomic E-state index is -0.568. The summed E-state index contributed by atoms with van der Waals surface area (Å²) in [4.78, 5) is 13.0. The molecular weight excluding hydrogens is 260 g/mol. The average molecular weight is 294 g/mol. The molecule has 0 heterocycles. The molecule has 21 heavy (non-hydrogen) atoms. The van der Waals surface area contributed by atoms with Crippen molar-refractivity contribution in [3.8, 4) is 0 Å². The molecule has 122 valence electrons. The molecule has 0 aromatic carbocycles. The van der Waals surface area contributed by atoms with Gasteiger partial charge in [-0.3, -0.25) is 4.79 Å². The molecule has 0 aromatic heterocycles. The molecule has 1 aliphatic rings. The lowest BCUT2D eigenvalue weighted by Gasteiger charge is -2.43. The Morgan fingerprint density at radius 2 is 1.67 bits per heavy atom. The van der Waals surface area contributed by atoms with Gasteiger partial charge in [0.15, 0.2) is 0 Å². The largest absolute Gasteiger partial charge is 0.459 e. The fourth-order valence-electron chi connectivity index (χ4n) is 3.21. The molecule has 1 unspecified atom stereocenters. The van der Waals surface area contributed by atoms with Gasteiger partial charge in [-0.15, -0.1) is 0 Å². The van der Waals surface area contributed by atoms with E-state index in [-0.39, 0.29) is 17.0 Å². The van der Waals surface area contributed by atoms with Gasteiger partial charge >= 0.3 is 5.97 Å². The monoisotopic (exact) mass is 294 g/mol. The van der Waals surface area contributed by atoms with E-state index in [2.05, 4.69) is 47.6 Å². The van der Waals surface area contributed by atoms with E-state index >= 15 is 0 Å². The molecule has 0 bridgehead atoms. The predicted octanol–water partition coefficient (Wildman–Crippen LogP) is 5.66. The van der Waals surface area contributed by atoms with Crippen LogP contribution in [-0.4, -0.2) is 11.6 Å². The molecule has 1 saturated carbocycles. The number of rotatable bonds is 5. The fraction of sp³-hybridized carbons (Fsp3) is 0.842. The maximum atomic E-state index is 13.0. The van der Waals surface area contributed by atoms with Gasteiger partial charge in [-0.2, -0.15) is 0 Å². The molecule has 0 radical (unpaired) electrons. The van der Waals surface area contributed by atoms with Crippen LogP contribution in [0.25, 0.3) is 0 Å². The van der Waals surface area contributed by atoms with Gasteiger partial charge in [-0.1, -0.05) is 38.8 Å². The van der Waals surface area contributed by atoms with Gasteiger partial charge in [0.25, 0.3) is 0 Å². The zero-order chi connectivity index (χ0) is 16.3. The van der Waals surface area contributed by atoms with Crippen LogP contribution in [0, 0.1) is 10.8 Å². The van der Waals surface area contributed by atoms with Gasteiger partial charge < -0.3 is 4.74 Å². The van der Waals surface area contributed by atoms with E-state index in [0.29, 0.717) is 0 Å². The quantitative estimate of drug-likeness (QED) is 0.483. The Labute approximate surface area is 131 Å². The molecule has 1 atom stereocenters. The van der Waals surface area contributed by atoms with Crippen LogP contribution in [0.3, 0.4) is 0 Å². The van der Waals surface area contributed by atoms with Crippen LogP contribution < -0.4 is 0 Å². The number of carbonyl (C=O) groups excluding carboxylic acids is 1. The Bertz CT molecular complexity index is 396. The average Bonchev–Trinajstić information content (AvgIpc) is 2.37. The van der Waals surface area contributed by atoms with Gasteiger partial charge in [0.1, 0.15) is 5.60 Å². The number of carbonyl (C=O) groups is 1. The highest BCUT2D eigenvalue weighted by Gasteiger charge is 2.47. The van der Waals surface area contributed by atoms with Crippen LogP contribution in [-0.2, 0) is 9.53 Å². The highest BCUT2D eigenvalue weighted by atomic mass is 16.6. The summed E-state index contributed by atoms with van der Waals surface area (Å²) in [6.45, 7) is 14.7. The highest BCUT2D eigenvalue weighted by Crippen LogP contribution is 2.46. The first-order valence-corrected chi connectivity index (χ1v) is 8.46. The number of hydrogen-bond donors (Lipinski definition) is 0. The van der Waals surface area contributed by atoms with E-state index in [9.17, 15) is 4.79 Å². The van der Waals surface area contributed by atoms with Crippen molar-refractivity contribution < 1.29 is 9.53 Å². The lowest BCUT2D eigenvalue weighted by molar-refractivity contribution is -0.176. The SMILES string of the molecule is CCC(C)(C)C(C)(C=C(C)C)C(=O)OC1(C)CCCCC1. The molecule has 0 aromatic rings. The van der Waals surface area contributed by atoms with Gasteiger partial charge in [0, 0.05) is 0 Å². The summed E-state index contributed by atoms with van der Waals surface area (Å²) < 4.78 is 6.05. The highest BCUT2D eigenvalue weighted by molar-refractivity contribution is 5.80. The first-order valence-electron chi connectivity index (χ1n) is 8.46. The Kier molecular flexibility index (Phi) is 5.69. The summed E-state index contributed by atoms with van der Waals surface area (Å²) in [5.41, 5.74) is 0.216. The maximum absolute atomic E-state index is 13.0. The Morgan fingerprint density at radius 3 is 2.10 bits per heavy atom. The second kappa shape index (κ2) is 6.54. The van der Waals surface area contributed by atoms with Crippen LogP contribution >= 0.6 is 0 Å². The van der Waals surface area contributed by atoms with Crippen LogP contribution in [0.2, 0.25) is 0 Å². The Hall–Kier alpha value is -0.790. The number of hydrogen-bond acceptors (Lipinski definition) is 2. The van der Waals surface area contributed by atoms with Gasteiger partial charge in [0.2, 0.25) is 0 Å². The summed E-state index contributed by atoms with van der Waals surface area (Å²) in [5.74, 6) is -0.0556. The van der Waals surface area contributed by atoms with E-state index in [1.165, 1.54) is 24.8 Å². The predicted molar refractivity (Wildman–Crippen MR) is 89.2 cm³/mol. The zero-order valence-electron chi connectivity index (χ0n) is 15.1. The standard InChI is InChI=1S/C19H34O2/c1-8-17(4,5)19(7,14-15(2)3)16(20)21-18(6)12-10-9-11-13-18/h14H,8-13H2,1-7H3. The Morgan fingerprint density at radius 1 is 1.14 bits per heavy atom. The van der Waals surface area contributed by atoms with Crippen molar-refractivity contribution in [2.24, 2.45) is 10.8 Å². The summed E-state index contributed by atoms with van der Waals surface area (Å²) in [7, 11) is 0. The molecular formula is C19H34O2. The molecule has 2 nitrogen and oxygen atoms in total. The first-order chi connectivity index (χ1) is 9.56. The summed E-state index contributed by atoms with van der Waals surface area (Å²) in [6, 6.07) is 0.